The van der Waals surface area contributed by atoms with Gasteiger partial charge in [-0.3, -0.25) is 4.79 Å². The molecule has 0 aliphatic carbocycles. The smallest absolute Gasteiger partial charge is 0.319 e. The zero-order valence-corrected chi connectivity index (χ0v) is 21.8. The maximum Gasteiger partial charge on any atom is 0.319 e. The summed E-state index contributed by atoms with van der Waals surface area (Å²) in [5.74, 6) is -1.19. The number of nitrogens with two attached hydrogens (primary N) is 1. The average molecular weight is 556 g/mol. The summed E-state index contributed by atoms with van der Waals surface area (Å²) in [6.45, 7) is 2.89. The summed E-state index contributed by atoms with van der Waals surface area (Å²) >= 11 is 6.70. The van der Waals surface area contributed by atoms with Crippen LogP contribution in [0.4, 0.5) is 10.2 Å². The molecule has 10 nitrogen and oxygen atoms in total. The van der Waals surface area contributed by atoms with E-state index in [1.807, 2.05) is 29.2 Å². The highest BCUT2D eigenvalue weighted by molar-refractivity contribution is 6.35. The first kappa shape index (κ1) is 26.8. The summed E-state index contributed by atoms with van der Waals surface area (Å²) < 4.78 is 22.2. The van der Waals surface area contributed by atoms with E-state index in [4.69, 9.17) is 22.1 Å². The van der Waals surface area contributed by atoms with Crippen molar-refractivity contribution in [1.82, 2.24) is 14.9 Å². The number of ether oxygens (including phenoxy) is 1. The second-order valence-corrected chi connectivity index (χ2v) is 9.75. The van der Waals surface area contributed by atoms with Gasteiger partial charge in [0.15, 0.2) is 5.82 Å². The highest BCUT2D eigenvalue weighted by Gasteiger charge is 2.29. The third-order valence-corrected chi connectivity index (χ3v) is 7.01. The van der Waals surface area contributed by atoms with Crippen LogP contribution >= 0.6 is 11.6 Å². The standard InChI is InChI=1S/C27H27ClFN5O5/c1-14(13-30)39-27-31-23-19(24(32-27)33-6-8-34(9-7-33)25(36)26(37)38)12-20(28)21(22(23)29)18-11-16(35)10-15-4-2-3-5-17(15)18/h2-5,10-12,14,26,35,37-38H,6-9,13,30H2,1H3. The Labute approximate surface area is 228 Å². The molecule has 1 aliphatic rings. The zero-order valence-electron chi connectivity index (χ0n) is 21.0. The molecular formula is C27H27ClFN5O5. The number of phenolic OH excluding ortho intramolecular Hbond substituents is 1. The van der Waals surface area contributed by atoms with Crippen LogP contribution in [0.1, 0.15) is 6.92 Å². The normalized spacial score (nSPS) is 14.8. The van der Waals surface area contributed by atoms with E-state index in [0.29, 0.717) is 27.5 Å². The molecular weight excluding hydrogens is 529 g/mol. The van der Waals surface area contributed by atoms with Gasteiger partial charge in [0.2, 0.25) is 6.29 Å². The number of rotatable bonds is 6. The van der Waals surface area contributed by atoms with Gasteiger partial charge in [-0.05, 0) is 41.5 Å². The summed E-state index contributed by atoms with van der Waals surface area (Å²) in [7, 11) is 0. The topological polar surface area (TPSA) is 145 Å². The molecule has 0 bridgehead atoms. The minimum atomic E-state index is -2.09. The largest absolute Gasteiger partial charge is 0.508 e. The Kier molecular flexibility index (Phi) is 7.41. The van der Waals surface area contributed by atoms with Crippen molar-refractivity contribution in [2.45, 2.75) is 19.3 Å². The van der Waals surface area contributed by atoms with Crippen molar-refractivity contribution >= 4 is 45.0 Å². The molecule has 1 atom stereocenters. The molecule has 0 saturated carbocycles. The number of anilines is 1. The monoisotopic (exact) mass is 555 g/mol. The third kappa shape index (κ3) is 5.13. The summed E-state index contributed by atoms with van der Waals surface area (Å²) in [6.07, 6.45) is -2.53. The van der Waals surface area contributed by atoms with E-state index in [2.05, 4.69) is 9.97 Å². The van der Waals surface area contributed by atoms with Crippen molar-refractivity contribution in [2.24, 2.45) is 5.73 Å². The highest BCUT2D eigenvalue weighted by Crippen LogP contribution is 2.42. The maximum atomic E-state index is 16.4. The maximum absolute atomic E-state index is 16.4. The molecule has 2 heterocycles. The number of hydrogen-bond donors (Lipinski definition) is 4. The molecule has 1 saturated heterocycles. The number of aromatic nitrogens is 2. The van der Waals surface area contributed by atoms with Crippen molar-refractivity contribution in [3.8, 4) is 22.9 Å². The number of carbonyl (C=O) groups excluding carboxylic acids is 1. The molecule has 4 aromatic rings. The van der Waals surface area contributed by atoms with Gasteiger partial charge < -0.3 is 35.6 Å². The van der Waals surface area contributed by atoms with Gasteiger partial charge in [0, 0.05) is 43.7 Å². The van der Waals surface area contributed by atoms with Gasteiger partial charge in [0.05, 0.1) is 5.02 Å². The number of fused-ring (bicyclic) bond motifs is 2. The van der Waals surface area contributed by atoms with Gasteiger partial charge in [-0.1, -0.05) is 35.9 Å². The minimum Gasteiger partial charge on any atom is -0.508 e. The van der Waals surface area contributed by atoms with Crippen molar-refractivity contribution in [1.29, 1.82) is 0 Å². The van der Waals surface area contributed by atoms with E-state index in [1.54, 1.807) is 19.1 Å². The van der Waals surface area contributed by atoms with Crippen LogP contribution in [-0.4, -0.2) is 81.2 Å². The number of piperazine rings is 1. The van der Waals surface area contributed by atoms with Gasteiger partial charge in [-0.2, -0.15) is 9.97 Å². The fourth-order valence-corrected chi connectivity index (χ4v) is 5.03. The lowest BCUT2D eigenvalue weighted by molar-refractivity contribution is -0.159. The molecule has 204 valence electrons. The number of aliphatic hydroxyl groups is 2. The van der Waals surface area contributed by atoms with Crippen LogP contribution in [0.2, 0.25) is 5.02 Å². The van der Waals surface area contributed by atoms with Gasteiger partial charge in [-0.25, -0.2) is 4.39 Å². The number of aromatic hydroxyl groups is 1. The first-order chi connectivity index (χ1) is 18.7. The molecule has 0 spiro atoms. The Morgan fingerprint density at radius 1 is 1.13 bits per heavy atom. The van der Waals surface area contributed by atoms with Crippen LogP contribution in [0.3, 0.4) is 0 Å². The minimum absolute atomic E-state index is 0.0321. The third-order valence-electron chi connectivity index (χ3n) is 6.71. The Balaban J connectivity index is 1.66. The van der Waals surface area contributed by atoms with Gasteiger partial charge in [0.25, 0.3) is 5.91 Å². The first-order valence-corrected chi connectivity index (χ1v) is 12.7. The number of benzene rings is 3. The van der Waals surface area contributed by atoms with Crippen LogP contribution in [0, 0.1) is 5.82 Å². The SMILES string of the molecule is CC(CN)Oc1nc(N2CCN(C(=O)C(O)O)CC2)c2cc(Cl)c(-c3cc(O)cc4ccccc34)c(F)c2n1. The number of halogens is 2. The van der Waals surface area contributed by atoms with Crippen LogP contribution < -0.4 is 15.4 Å². The molecule has 3 aromatic carbocycles. The molecule has 5 rings (SSSR count). The molecule has 0 radical (unpaired) electrons. The Hall–Kier alpha value is -3.77. The predicted octanol–water partition coefficient (Wildman–Crippen LogP) is 2.63. The van der Waals surface area contributed by atoms with Crippen molar-refractivity contribution < 1.29 is 29.2 Å². The lowest BCUT2D eigenvalue weighted by Crippen LogP contribution is -2.51. The van der Waals surface area contributed by atoms with Crippen LogP contribution in [-0.2, 0) is 4.79 Å². The van der Waals surface area contributed by atoms with Crippen molar-refractivity contribution in [2.75, 3.05) is 37.6 Å². The predicted molar refractivity (Wildman–Crippen MR) is 145 cm³/mol. The number of nitrogens with zero attached hydrogens (tertiary/aromatic N) is 4. The fraction of sp³-hybridized carbons (Fsp3) is 0.296. The summed E-state index contributed by atoms with van der Waals surface area (Å²) in [5, 5.41) is 30.7. The summed E-state index contributed by atoms with van der Waals surface area (Å²) in [6, 6.07) is 11.8. The number of carbonyl (C=O) groups is 1. The van der Waals surface area contributed by atoms with E-state index >= 15 is 4.39 Å². The number of hydrogen-bond acceptors (Lipinski definition) is 9. The van der Waals surface area contributed by atoms with Crippen LogP contribution in [0.25, 0.3) is 32.8 Å². The Morgan fingerprint density at radius 2 is 1.85 bits per heavy atom. The number of aliphatic hydroxyl groups excluding tert-OH is 1. The highest BCUT2D eigenvalue weighted by atomic mass is 35.5. The van der Waals surface area contributed by atoms with E-state index < -0.39 is 24.1 Å². The van der Waals surface area contributed by atoms with Gasteiger partial charge in [-0.15, -0.1) is 0 Å². The quantitative estimate of drug-likeness (QED) is 0.264. The van der Waals surface area contributed by atoms with Gasteiger partial charge >= 0.3 is 6.01 Å². The Morgan fingerprint density at radius 3 is 2.54 bits per heavy atom. The molecule has 1 aliphatic heterocycles. The van der Waals surface area contributed by atoms with Crippen molar-refractivity contribution in [3.63, 3.8) is 0 Å². The van der Waals surface area contributed by atoms with Gasteiger partial charge in [0.1, 0.15) is 23.2 Å². The molecule has 1 unspecified atom stereocenters. The van der Waals surface area contributed by atoms with E-state index in [0.717, 1.165) is 0 Å². The molecule has 12 heteroatoms. The van der Waals surface area contributed by atoms with Crippen LogP contribution in [0.5, 0.6) is 11.8 Å². The van der Waals surface area contributed by atoms with E-state index in [-0.39, 0.29) is 60.6 Å². The van der Waals surface area contributed by atoms with Crippen molar-refractivity contribution in [3.05, 3.63) is 53.3 Å². The first-order valence-electron chi connectivity index (χ1n) is 12.4. The van der Waals surface area contributed by atoms with Crippen LogP contribution in [0.15, 0.2) is 42.5 Å². The lowest BCUT2D eigenvalue weighted by Gasteiger charge is -2.36. The number of phenols is 1. The molecule has 1 amide bonds. The second-order valence-electron chi connectivity index (χ2n) is 9.34. The second kappa shape index (κ2) is 10.8. The van der Waals surface area contributed by atoms with E-state index in [9.17, 15) is 20.1 Å². The molecule has 39 heavy (non-hydrogen) atoms. The fourth-order valence-electron chi connectivity index (χ4n) is 4.73. The summed E-state index contributed by atoms with van der Waals surface area (Å²) in [4.78, 5) is 24.1. The average Bonchev–Trinajstić information content (AvgIpc) is 2.92. The molecule has 5 N–H and O–H groups in total. The molecule has 1 aromatic heterocycles. The number of amides is 1. The Bertz CT molecular complexity index is 1560. The molecule has 1 fully saturated rings. The lowest BCUT2D eigenvalue weighted by atomic mass is 9.96. The summed E-state index contributed by atoms with van der Waals surface area (Å²) in [5.41, 5.74) is 6.16. The zero-order chi connectivity index (χ0) is 27.8. The van der Waals surface area contributed by atoms with E-state index in [1.165, 1.54) is 11.0 Å².